The van der Waals surface area contributed by atoms with Gasteiger partial charge >= 0.3 is 12.1 Å². The highest BCUT2D eigenvalue weighted by molar-refractivity contribution is 5.99. The van der Waals surface area contributed by atoms with Crippen molar-refractivity contribution in [3.63, 3.8) is 0 Å². The van der Waals surface area contributed by atoms with Gasteiger partial charge in [0, 0.05) is 24.5 Å². The van der Waals surface area contributed by atoms with Crippen LogP contribution in [0.4, 0.5) is 13.2 Å². The highest BCUT2D eigenvalue weighted by Gasteiger charge is 2.32. The first-order chi connectivity index (χ1) is 11.7. The Hall–Kier alpha value is -2.55. The number of carboxylic acids is 1. The van der Waals surface area contributed by atoms with Crippen molar-refractivity contribution >= 4 is 22.8 Å². The SMILES string of the molecule is Cn1c(C(=O)N2CCOC(C(=O)O)C2)cc2cc(C(F)(F)F)ccc21. The number of benzene rings is 1. The summed E-state index contributed by atoms with van der Waals surface area (Å²) in [6.07, 6.45) is -5.57. The number of aryl methyl sites for hydroxylation is 1. The molecule has 0 saturated carbocycles. The lowest BCUT2D eigenvalue weighted by atomic mass is 10.1. The van der Waals surface area contributed by atoms with Crippen LogP contribution in [0.1, 0.15) is 16.1 Å². The van der Waals surface area contributed by atoms with Gasteiger partial charge in [-0.1, -0.05) is 0 Å². The summed E-state index contributed by atoms with van der Waals surface area (Å²) in [5.74, 6) is -1.61. The van der Waals surface area contributed by atoms with E-state index in [9.17, 15) is 22.8 Å². The van der Waals surface area contributed by atoms with Crippen molar-refractivity contribution in [2.75, 3.05) is 19.7 Å². The second-order valence-electron chi connectivity index (χ2n) is 5.81. The third-order valence-corrected chi connectivity index (χ3v) is 4.22. The van der Waals surface area contributed by atoms with E-state index in [0.29, 0.717) is 10.9 Å². The maximum Gasteiger partial charge on any atom is 0.416 e. The maximum atomic E-state index is 12.8. The Morgan fingerprint density at radius 2 is 2.00 bits per heavy atom. The average Bonchev–Trinajstić information content (AvgIpc) is 2.90. The van der Waals surface area contributed by atoms with E-state index < -0.39 is 29.7 Å². The van der Waals surface area contributed by atoms with Crippen LogP contribution in [0.2, 0.25) is 0 Å². The molecule has 2 aromatic rings. The third-order valence-electron chi connectivity index (χ3n) is 4.22. The van der Waals surface area contributed by atoms with Gasteiger partial charge < -0.3 is 19.3 Å². The minimum absolute atomic E-state index is 0.0882. The van der Waals surface area contributed by atoms with Crippen LogP contribution in [-0.2, 0) is 22.8 Å². The zero-order valence-electron chi connectivity index (χ0n) is 13.2. The van der Waals surface area contributed by atoms with Crippen molar-refractivity contribution in [1.82, 2.24) is 9.47 Å². The van der Waals surface area contributed by atoms with Crippen LogP contribution in [0, 0.1) is 0 Å². The van der Waals surface area contributed by atoms with Crippen LogP contribution in [0.3, 0.4) is 0 Å². The summed E-state index contributed by atoms with van der Waals surface area (Å²) in [4.78, 5) is 25.0. The molecule has 1 aromatic carbocycles. The number of aromatic nitrogens is 1. The molecule has 1 atom stereocenters. The zero-order valence-corrected chi connectivity index (χ0v) is 13.2. The number of fused-ring (bicyclic) bond motifs is 1. The minimum atomic E-state index is -4.47. The fourth-order valence-electron chi connectivity index (χ4n) is 2.88. The van der Waals surface area contributed by atoms with Gasteiger partial charge in [0.05, 0.1) is 18.7 Å². The van der Waals surface area contributed by atoms with Gasteiger partial charge in [-0.15, -0.1) is 0 Å². The van der Waals surface area contributed by atoms with Crippen molar-refractivity contribution in [2.45, 2.75) is 12.3 Å². The smallest absolute Gasteiger partial charge is 0.416 e. The van der Waals surface area contributed by atoms with E-state index in [1.54, 1.807) is 7.05 Å². The quantitative estimate of drug-likeness (QED) is 0.895. The van der Waals surface area contributed by atoms with E-state index in [4.69, 9.17) is 9.84 Å². The Labute approximate surface area is 140 Å². The van der Waals surface area contributed by atoms with Gasteiger partial charge in [0.2, 0.25) is 0 Å². The van der Waals surface area contributed by atoms with E-state index in [0.717, 1.165) is 12.1 Å². The summed E-state index contributed by atoms with van der Waals surface area (Å²) < 4.78 is 45.1. The summed E-state index contributed by atoms with van der Waals surface area (Å²) in [5, 5.41) is 9.30. The molecule has 134 valence electrons. The van der Waals surface area contributed by atoms with Crippen molar-refractivity contribution in [1.29, 1.82) is 0 Å². The van der Waals surface area contributed by atoms with Crippen LogP contribution in [0.15, 0.2) is 24.3 Å². The highest BCUT2D eigenvalue weighted by Crippen LogP contribution is 2.32. The molecule has 1 aliphatic heterocycles. The highest BCUT2D eigenvalue weighted by atomic mass is 19.4. The Morgan fingerprint density at radius 1 is 1.28 bits per heavy atom. The number of carboxylic acid groups (broad SMARTS) is 1. The van der Waals surface area contributed by atoms with E-state index in [1.807, 2.05) is 0 Å². The maximum absolute atomic E-state index is 12.8. The molecule has 0 radical (unpaired) electrons. The number of halogens is 3. The fourth-order valence-corrected chi connectivity index (χ4v) is 2.88. The van der Waals surface area contributed by atoms with Crippen LogP contribution >= 0.6 is 0 Å². The van der Waals surface area contributed by atoms with Gasteiger partial charge in [0.15, 0.2) is 6.10 Å². The molecular weight excluding hydrogens is 341 g/mol. The van der Waals surface area contributed by atoms with Gasteiger partial charge in [-0.2, -0.15) is 13.2 Å². The lowest BCUT2D eigenvalue weighted by Gasteiger charge is -2.30. The van der Waals surface area contributed by atoms with Gasteiger partial charge in [-0.05, 0) is 24.3 Å². The van der Waals surface area contributed by atoms with Crippen molar-refractivity contribution in [3.8, 4) is 0 Å². The van der Waals surface area contributed by atoms with Crippen molar-refractivity contribution in [3.05, 3.63) is 35.5 Å². The standard InChI is InChI=1S/C16H15F3N2O4/c1-20-11-3-2-10(16(17,18)19)6-9(11)7-12(20)14(22)21-4-5-25-13(8-21)15(23)24/h2-3,6-7,13H,4-5,8H2,1H3,(H,23,24). The first-order valence-corrected chi connectivity index (χ1v) is 7.49. The monoisotopic (exact) mass is 356 g/mol. The number of nitrogens with zero attached hydrogens (tertiary/aromatic N) is 2. The molecule has 0 spiro atoms. The van der Waals surface area contributed by atoms with Gasteiger partial charge in [0.1, 0.15) is 5.69 Å². The molecule has 0 aliphatic carbocycles. The second-order valence-corrected chi connectivity index (χ2v) is 5.81. The van der Waals surface area contributed by atoms with Crippen molar-refractivity contribution < 1.29 is 32.6 Å². The Morgan fingerprint density at radius 3 is 2.64 bits per heavy atom. The molecule has 1 saturated heterocycles. The average molecular weight is 356 g/mol. The summed E-state index contributed by atoms with van der Waals surface area (Å²) in [7, 11) is 1.58. The summed E-state index contributed by atoms with van der Waals surface area (Å²) in [6, 6.07) is 4.66. The van der Waals surface area contributed by atoms with Gasteiger partial charge in [0.25, 0.3) is 5.91 Å². The molecule has 1 unspecified atom stereocenters. The summed E-state index contributed by atoms with van der Waals surface area (Å²) in [6.45, 7) is 0.201. The zero-order chi connectivity index (χ0) is 18.4. The molecule has 1 aliphatic rings. The molecule has 1 amide bonds. The number of alkyl halides is 3. The van der Waals surface area contributed by atoms with E-state index in [2.05, 4.69) is 0 Å². The summed E-state index contributed by atoms with van der Waals surface area (Å²) in [5.41, 5.74) is -0.110. The van der Waals surface area contributed by atoms with Gasteiger partial charge in [-0.25, -0.2) is 4.79 Å². The number of hydrogen-bond donors (Lipinski definition) is 1. The number of amides is 1. The van der Waals surface area contributed by atoms with Crippen LogP contribution in [0.25, 0.3) is 10.9 Å². The van der Waals surface area contributed by atoms with Gasteiger partial charge in [-0.3, -0.25) is 4.79 Å². The number of hydrogen-bond acceptors (Lipinski definition) is 3. The third kappa shape index (κ3) is 3.19. The normalized spacial score (nSPS) is 18.6. The Bertz CT molecular complexity index is 844. The predicted molar refractivity (Wildman–Crippen MR) is 81.2 cm³/mol. The largest absolute Gasteiger partial charge is 0.479 e. The van der Waals surface area contributed by atoms with Crippen LogP contribution in [-0.4, -0.2) is 52.3 Å². The molecule has 9 heteroatoms. The Kier molecular flexibility index (Phi) is 4.19. The van der Waals surface area contributed by atoms with E-state index in [-0.39, 0.29) is 25.4 Å². The second kappa shape index (κ2) is 6.07. The predicted octanol–water partition coefficient (Wildman–Crippen LogP) is 2.12. The minimum Gasteiger partial charge on any atom is -0.479 e. The number of morpholine rings is 1. The molecule has 25 heavy (non-hydrogen) atoms. The molecule has 1 N–H and O–H groups in total. The molecule has 3 rings (SSSR count). The fraction of sp³-hybridized carbons (Fsp3) is 0.375. The molecule has 1 fully saturated rings. The number of rotatable bonds is 2. The summed E-state index contributed by atoms with van der Waals surface area (Å²) >= 11 is 0. The van der Waals surface area contributed by atoms with E-state index >= 15 is 0 Å². The number of carbonyl (C=O) groups excluding carboxylic acids is 1. The number of aliphatic carboxylic acids is 1. The van der Waals surface area contributed by atoms with Crippen LogP contribution < -0.4 is 0 Å². The van der Waals surface area contributed by atoms with Crippen molar-refractivity contribution in [2.24, 2.45) is 7.05 Å². The topological polar surface area (TPSA) is 71.8 Å². The van der Waals surface area contributed by atoms with Crippen LogP contribution in [0.5, 0.6) is 0 Å². The molecule has 1 aromatic heterocycles. The first-order valence-electron chi connectivity index (χ1n) is 7.49. The van der Waals surface area contributed by atoms with E-state index in [1.165, 1.54) is 21.6 Å². The lowest BCUT2D eigenvalue weighted by Crippen LogP contribution is -2.48. The lowest BCUT2D eigenvalue weighted by molar-refractivity contribution is -0.154. The molecule has 6 nitrogen and oxygen atoms in total. The molecule has 0 bridgehead atoms. The first kappa shape index (κ1) is 17.3. The number of ether oxygens (including phenoxy) is 1. The Balaban J connectivity index is 1.94. The molecular formula is C16H15F3N2O4. The number of carbonyl (C=O) groups is 2. The molecule has 2 heterocycles.